The number of likely N-dealkylation sites (tertiary alicyclic amines) is 1. The van der Waals surface area contributed by atoms with Crippen molar-refractivity contribution in [3.8, 4) is 23.5 Å². The van der Waals surface area contributed by atoms with Gasteiger partial charge in [-0.1, -0.05) is 19.8 Å². The fraction of sp³-hybridized carbons (Fsp3) is 0.447. The van der Waals surface area contributed by atoms with Gasteiger partial charge < -0.3 is 19.7 Å². The van der Waals surface area contributed by atoms with E-state index in [-0.39, 0.29) is 54.1 Å². The number of aliphatic carboxylic acids is 1. The lowest BCUT2D eigenvalue weighted by Gasteiger charge is -2.28. The molecule has 0 unspecified atom stereocenters. The fourth-order valence-electron chi connectivity index (χ4n) is 7.31. The first-order valence-electron chi connectivity index (χ1n) is 16.7. The number of hydrogen-bond acceptors (Lipinski definition) is 5. The Balaban J connectivity index is 1.54. The molecule has 272 valence electrons. The van der Waals surface area contributed by atoms with Crippen LogP contribution in [0.2, 0.25) is 0 Å². The van der Waals surface area contributed by atoms with Crippen molar-refractivity contribution in [1.82, 2.24) is 14.8 Å². The predicted molar refractivity (Wildman–Crippen MR) is 180 cm³/mol. The van der Waals surface area contributed by atoms with E-state index in [1.807, 2.05) is 0 Å². The number of alkyl halides is 3. The van der Waals surface area contributed by atoms with Crippen molar-refractivity contribution in [2.24, 2.45) is 5.92 Å². The molecule has 8 nitrogen and oxygen atoms in total. The number of aromatic nitrogens is 1. The summed E-state index contributed by atoms with van der Waals surface area (Å²) in [7, 11) is 0. The third-order valence-electron chi connectivity index (χ3n) is 9.60. The van der Waals surface area contributed by atoms with E-state index in [2.05, 4.69) is 16.1 Å². The van der Waals surface area contributed by atoms with E-state index in [1.165, 1.54) is 24.3 Å². The number of morpholine rings is 1. The Bertz CT molecular complexity index is 1910. The van der Waals surface area contributed by atoms with Crippen molar-refractivity contribution in [3.05, 3.63) is 91.9 Å². The summed E-state index contributed by atoms with van der Waals surface area (Å²) in [6.07, 6.45) is 1.85. The molecule has 0 saturated carbocycles. The second-order valence-electron chi connectivity index (χ2n) is 13.8. The molecule has 2 fully saturated rings. The Hall–Kier alpha value is -4.54. The number of carboxylic acid groups (broad SMARTS) is 1. The van der Waals surface area contributed by atoms with Crippen molar-refractivity contribution in [2.45, 2.75) is 83.8 Å². The molecule has 51 heavy (non-hydrogen) atoms. The number of nitrogens with zero attached hydrogens (tertiary/aromatic N) is 2. The number of fused-ring (bicyclic) bond motifs is 2. The lowest BCUT2D eigenvalue weighted by Crippen LogP contribution is -2.41. The maximum Gasteiger partial charge on any atom is 0.416 e. The molecule has 3 aromatic rings. The average molecular weight is 714 g/mol. The van der Waals surface area contributed by atoms with Gasteiger partial charge >= 0.3 is 12.1 Å². The summed E-state index contributed by atoms with van der Waals surface area (Å²) in [5.74, 6) is -1.72. The third-order valence-corrected chi connectivity index (χ3v) is 9.60. The summed E-state index contributed by atoms with van der Waals surface area (Å²) in [5, 5.41) is 12.4. The van der Waals surface area contributed by atoms with E-state index < -0.39 is 59.3 Å². The number of carbonyl (C=O) groups excluding carboxylic acids is 1. The number of carboxylic acids is 1. The van der Waals surface area contributed by atoms with Gasteiger partial charge in [0.15, 0.2) is 0 Å². The molecular weight excluding hydrogens is 673 g/mol. The molecule has 3 heterocycles. The van der Waals surface area contributed by atoms with Crippen LogP contribution in [-0.2, 0) is 26.9 Å². The van der Waals surface area contributed by atoms with Crippen molar-refractivity contribution < 1.29 is 41.4 Å². The molecule has 2 aromatic carbocycles. The molecule has 2 aliphatic heterocycles. The van der Waals surface area contributed by atoms with E-state index in [0.29, 0.717) is 41.5 Å². The lowest BCUT2D eigenvalue weighted by molar-refractivity contribution is -0.139. The average Bonchev–Trinajstić information content (AvgIpc) is 3.66. The molecule has 2 N–H and O–H groups in total. The van der Waals surface area contributed by atoms with Crippen molar-refractivity contribution in [3.63, 3.8) is 0 Å². The topological polar surface area (TPSA) is 101 Å². The summed E-state index contributed by atoms with van der Waals surface area (Å²) in [4.78, 5) is 41.6. The minimum Gasteiger partial charge on any atom is -0.481 e. The number of benzene rings is 2. The monoisotopic (exact) mass is 713 g/mol. The van der Waals surface area contributed by atoms with E-state index in [4.69, 9.17) is 11.2 Å². The molecule has 0 spiro atoms. The van der Waals surface area contributed by atoms with E-state index in [1.54, 1.807) is 27.7 Å². The molecule has 0 aliphatic carbocycles. The highest BCUT2D eigenvalue weighted by molar-refractivity contribution is 5.82. The van der Waals surface area contributed by atoms with Gasteiger partial charge in [-0.05, 0) is 91.1 Å². The number of terminal acetylenes is 1. The number of carbonyl (C=O) groups is 2. The van der Waals surface area contributed by atoms with Gasteiger partial charge in [-0.2, -0.15) is 13.2 Å². The molecule has 1 aromatic heterocycles. The number of hydrogen-bond donors (Lipinski definition) is 2. The minimum absolute atomic E-state index is 0.00432. The number of ether oxygens (including phenoxy) is 1. The normalized spacial score (nSPS) is 18.5. The SMILES string of the molecule is C#Cc1cc(-c2c(C)cc(F)cc2C)cc([C@H](CC(=O)O)NC(=O)[C@H](CC(C)C)n2cc(CCN3C[C@H]4C[C@@H]3CO4)c(C(F)(F)F)cc2=O)c1F. The van der Waals surface area contributed by atoms with Crippen LogP contribution in [0.4, 0.5) is 22.0 Å². The lowest BCUT2D eigenvalue weighted by atomic mass is 9.90. The molecule has 4 atom stereocenters. The first-order valence-corrected chi connectivity index (χ1v) is 16.7. The molecule has 2 aliphatic rings. The second kappa shape index (κ2) is 15.0. The summed E-state index contributed by atoms with van der Waals surface area (Å²) >= 11 is 0. The predicted octanol–water partition coefficient (Wildman–Crippen LogP) is 6.35. The summed E-state index contributed by atoms with van der Waals surface area (Å²) in [6, 6.07) is 3.00. The van der Waals surface area contributed by atoms with E-state index >= 15 is 4.39 Å². The van der Waals surface area contributed by atoms with Crippen LogP contribution in [0.1, 0.15) is 78.6 Å². The van der Waals surface area contributed by atoms with Crippen LogP contribution < -0.4 is 10.9 Å². The standard InChI is InChI=1S/C38H40F5N3O5/c1-6-23-12-25(35-21(4)10-26(39)11-22(35)5)13-29(36(23)40)31(16-34(48)49)44-37(50)32(9-20(2)3)46-17-24(30(15-33(46)47)38(41,42)43)7-8-45-18-28-14-27(45)19-51-28/h1,10-13,15,17,20,27-28,31-32H,7-9,14,16,18-19H2,2-5H3,(H,44,50)(H,48,49)/t27-,28-,31+,32+/m1/s1. The molecule has 13 heteroatoms. The van der Waals surface area contributed by atoms with Crippen molar-refractivity contribution >= 4 is 11.9 Å². The number of aryl methyl sites for hydroxylation is 2. The fourth-order valence-corrected chi connectivity index (χ4v) is 7.31. The number of rotatable bonds is 12. The summed E-state index contributed by atoms with van der Waals surface area (Å²) in [6.45, 7) is 8.19. The van der Waals surface area contributed by atoms with Gasteiger partial charge in [0.1, 0.15) is 17.7 Å². The van der Waals surface area contributed by atoms with Crippen LogP contribution in [0, 0.1) is 43.7 Å². The van der Waals surface area contributed by atoms with Crippen LogP contribution in [-0.4, -0.2) is 58.3 Å². The molecule has 2 saturated heterocycles. The maximum atomic E-state index is 15.9. The van der Waals surface area contributed by atoms with Crippen LogP contribution in [0.3, 0.4) is 0 Å². The second-order valence-corrected chi connectivity index (χ2v) is 13.8. The van der Waals surface area contributed by atoms with Gasteiger partial charge in [0.25, 0.3) is 5.56 Å². The first-order chi connectivity index (χ1) is 24.0. The van der Waals surface area contributed by atoms with E-state index in [9.17, 15) is 37.1 Å². The van der Waals surface area contributed by atoms with Crippen LogP contribution in [0.5, 0.6) is 0 Å². The zero-order chi connectivity index (χ0) is 37.4. The highest BCUT2D eigenvalue weighted by atomic mass is 19.4. The van der Waals surface area contributed by atoms with Crippen molar-refractivity contribution in [1.29, 1.82) is 0 Å². The largest absolute Gasteiger partial charge is 0.481 e. The Morgan fingerprint density at radius 3 is 2.35 bits per heavy atom. The molecule has 0 radical (unpaired) electrons. The maximum absolute atomic E-state index is 15.9. The minimum atomic E-state index is -4.83. The molecule has 1 amide bonds. The van der Waals surface area contributed by atoms with E-state index in [0.717, 1.165) is 17.2 Å². The zero-order valence-electron chi connectivity index (χ0n) is 28.7. The van der Waals surface area contributed by atoms with Gasteiger partial charge in [-0.25, -0.2) is 8.78 Å². The molecular formula is C38H40F5N3O5. The summed E-state index contributed by atoms with van der Waals surface area (Å²) in [5.41, 5.74) is -0.910. The number of nitrogens with one attached hydrogen (secondary N) is 1. The number of pyridine rings is 1. The summed E-state index contributed by atoms with van der Waals surface area (Å²) < 4.78 is 79.2. The zero-order valence-corrected chi connectivity index (χ0v) is 28.7. The van der Waals surface area contributed by atoms with Crippen molar-refractivity contribution in [2.75, 3.05) is 19.7 Å². The van der Waals surface area contributed by atoms with Crippen LogP contribution >= 0.6 is 0 Å². The first kappa shape index (κ1) is 37.7. The highest BCUT2D eigenvalue weighted by Crippen LogP contribution is 2.36. The van der Waals surface area contributed by atoms with Crippen LogP contribution in [0.15, 0.2) is 41.3 Å². The van der Waals surface area contributed by atoms with Gasteiger partial charge in [0.05, 0.1) is 36.3 Å². The Morgan fingerprint density at radius 2 is 1.80 bits per heavy atom. The highest BCUT2D eigenvalue weighted by Gasteiger charge is 2.40. The smallest absolute Gasteiger partial charge is 0.416 e. The number of halogens is 5. The van der Waals surface area contributed by atoms with Gasteiger partial charge in [-0.3, -0.25) is 19.3 Å². The quantitative estimate of drug-likeness (QED) is 0.168. The molecule has 2 bridgehead atoms. The Labute approximate surface area is 292 Å². The molecule has 5 rings (SSSR count). The van der Waals surface area contributed by atoms with Gasteiger partial charge in [-0.15, -0.1) is 6.42 Å². The third kappa shape index (κ3) is 8.34. The number of amides is 1. The van der Waals surface area contributed by atoms with Crippen LogP contribution in [0.25, 0.3) is 11.1 Å². The Morgan fingerprint density at radius 1 is 1.12 bits per heavy atom. The van der Waals surface area contributed by atoms with Gasteiger partial charge in [0.2, 0.25) is 5.91 Å². The van der Waals surface area contributed by atoms with Gasteiger partial charge in [0, 0.05) is 37.0 Å². The Kier molecular flexibility index (Phi) is 11.1.